The van der Waals surface area contributed by atoms with Crippen LogP contribution in [-0.4, -0.2) is 17.3 Å². The van der Waals surface area contributed by atoms with Crippen molar-refractivity contribution in [1.29, 1.82) is 0 Å². The summed E-state index contributed by atoms with van der Waals surface area (Å²) in [6.45, 7) is 7.88. The summed E-state index contributed by atoms with van der Waals surface area (Å²) < 4.78 is 5.57. The monoisotopic (exact) mass is 242 g/mol. The quantitative estimate of drug-likeness (QED) is 0.876. The number of hydrogen-bond donors (Lipinski definition) is 1. The second kappa shape index (κ2) is 5.07. The first-order valence-electron chi connectivity index (χ1n) is 5.47. The molecule has 1 aromatic rings. The maximum Gasteiger partial charge on any atom is 0.120 e. The Bertz CT molecular complexity index is 349. The van der Waals surface area contributed by atoms with Gasteiger partial charge in [-0.25, -0.2) is 0 Å². The minimum absolute atomic E-state index is 0.296. The fraction of sp³-hybridized carbons (Fsp3) is 0.538. The highest BCUT2D eigenvalue weighted by Crippen LogP contribution is 2.26. The lowest BCUT2D eigenvalue weighted by Crippen LogP contribution is -2.31. The van der Waals surface area contributed by atoms with Gasteiger partial charge >= 0.3 is 0 Å². The minimum atomic E-state index is -0.776. The first-order chi connectivity index (χ1) is 7.35. The van der Waals surface area contributed by atoms with Crippen LogP contribution < -0.4 is 4.74 Å². The maximum absolute atomic E-state index is 9.83. The number of aliphatic hydroxyl groups is 1. The van der Waals surface area contributed by atoms with E-state index in [2.05, 4.69) is 0 Å². The van der Waals surface area contributed by atoms with Gasteiger partial charge in [-0.1, -0.05) is 18.5 Å². The molecule has 0 aliphatic rings. The van der Waals surface area contributed by atoms with Crippen molar-refractivity contribution in [3.63, 3.8) is 0 Å². The second-order valence-electron chi connectivity index (χ2n) is 4.51. The van der Waals surface area contributed by atoms with Crippen molar-refractivity contribution in [3.05, 3.63) is 28.3 Å². The standard InChI is InChI=1S/C13H19ClO2/c1-5-13(4,15)8-16-11-6-9(2)12(14)10(3)7-11/h6-7,15H,5,8H2,1-4H3. The molecule has 1 atom stereocenters. The van der Waals surface area contributed by atoms with Gasteiger partial charge in [0.2, 0.25) is 0 Å². The van der Waals surface area contributed by atoms with Crippen LogP contribution in [0.2, 0.25) is 5.02 Å². The van der Waals surface area contributed by atoms with E-state index in [1.165, 1.54) is 0 Å². The Kier molecular flexibility index (Phi) is 4.22. The summed E-state index contributed by atoms with van der Waals surface area (Å²) >= 11 is 6.06. The van der Waals surface area contributed by atoms with Crippen molar-refractivity contribution in [2.75, 3.05) is 6.61 Å². The van der Waals surface area contributed by atoms with Crippen LogP contribution in [0.25, 0.3) is 0 Å². The zero-order valence-electron chi connectivity index (χ0n) is 10.3. The molecule has 0 heterocycles. The van der Waals surface area contributed by atoms with Gasteiger partial charge in [0.05, 0.1) is 5.60 Å². The normalized spacial score (nSPS) is 14.6. The van der Waals surface area contributed by atoms with Crippen molar-refractivity contribution in [3.8, 4) is 5.75 Å². The van der Waals surface area contributed by atoms with Gasteiger partial charge in [0.25, 0.3) is 0 Å². The van der Waals surface area contributed by atoms with Gasteiger partial charge in [0, 0.05) is 5.02 Å². The van der Waals surface area contributed by atoms with Crippen LogP contribution in [0.15, 0.2) is 12.1 Å². The maximum atomic E-state index is 9.83. The van der Waals surface area contributed by atoms with Crippen LogP contribution in [0.5, 0.6) is 5.75 Å². The van der Waals surface area contributed by atoms with Crippen molar-refractivity contribution in [2.45, 2.75) is 39.7 Å². The number of hydrogen-bond acceptors (Lipinski definition) is 2. The molecule has 0 aliphatic heterocycles. The number of rotatable bonds is 4. The smallest absolute Gasteiger partial charge is 0.120 e. The van der Waals surface area contributed by atoms with Crippen molar-refractivity contribution < 1.29 is 9.84 Å². The Morgan fingerprint density at radius 3 is 2.25 bits per heavy atom. The highest BCUT2D eigenvalue weighted by Gasteiger charge is 2.18. The fourth-order valence-corrected chi connectivity index (χ4v) is 1.44. The third kappa shape index (κ3) is 3.39. The fourth-order valence-electron chi connectivity index (χ4n) is 1.33. The molecular weight excluding hydrogens is 224 g/mol. The lowest BCUT2D eigenvalue weighted by atomic mass is 10.1. The lowest BCUT2D eigenvalue weighted by molar-refractivity contribution is 0.00843. The Morgan fingerprint density at radius 1 is 1.31 bits per heavy atom. The minimum Gasteiger partial charge on any atom is -0.491 e. The molecule has 2 nitrogen and oxygen atoms in total. The van der Waals surface area contributed by atoms with E-state index in [0.717, 1.165) is 21.9 Å². The van der Waals surface area contributed by atoms with Crippen LogP contribution in [0, 0.1) is 13.8 Å². The average molecular weight is 243 g/mol. The molecule has 1 unspecified atom stereocenters. The van der Waals surface area contributed by atoms with Crippen molar-refractivity contribution >= 4 is 11.6 Å². The van der Waals surface area contributed by atoms with E-state index in [4.69, 9.17) is 16.3 Å². The molecule has 0 saturated carbocycles. The summed E-state index contributed by atoms with van der Waals surface area (Å²) in [4.78, 5) is 0. The van der Waals surface area contributed by atoms with Gasteiger partial charge < -0.3 is 9.84 Å². The van der Waals surface area contributed by atoms with E-state index in [0.29, 0.717) is 13.0 Å². The number of ether oxygens (including phenoxy) is 1. The number of benzene rings is 1. The summed E-state index contributed by atoms with van der Waals surface area (Å²) in [5.41, 5.74) is 1.21. The summed E-state index contributed by atoms with van der Waals surface area (Å²) in [6.07, 6.45) is 0.665. The highest BCUT2D eigenvalue weighted by atomic mass is 35.5. The summed E-state index contributed by atoms with van der Waals surface area (Å²) in [5, 5.41) is 10.6. The third-order valence-electron chi connectivity index (χ3n) is 2.72. The zero-order chi connectivity index (χ0) is 12.3. The van der Waals surface area contributed by atoms with Crippen LogP contribution >= 0.6 is 11.6 Å². The molecule has 16 heavy (non-hydrogen) atoms. The van der Waals surface area contributed by atoms with Crippen LogP contribution in [0.4, 0.5) is 0 Å². The molecule has 1 rings (SSSR count). The second-order valence-corrected chi connectivity index (χ2v) is 4.89. The summed E-state index contributed by atoms with van der Waals surface area (Å²) in [7, 11) is 0. The van der Waals surface area contributed by atoms with E-state index >= 15 is 0 Å². The topological polar surface area (TPSA) is 29.5 Å². The van der Waals surface area contributed by atoms with E-state index in [-0.39, 0.29) is 0 Å². The molecule has 0 bridgehead atoms. The van der Waals surface area contributed by atoms with Gasteiger partial charge in [0.15, 0.2) is 0 Å². The van der Waals surface area contributed by atoms with Crippen molar-refractivity contribution in [1.82, 2.24) is 0 Å². The van der Waals surface area contributed by atoms with Crippen LogP contribution in [-0.2, 0) is 0 Å². The molecule has 0 fully saturated rings. The Hall–Kier alpha value is -0.730. The number of aryl methyl sites for hydroxylation is 2. The van der Waals surface area contributed by atoms with Gasteiger partial charge in [-0.3, -0.25) is 0 Å². The molecular formula is C13H19ClO2. The van der Waals surface area contributed by atoms with Gasteiger partial charge in [0.1, 0.15) is 12.4 Å². The molecule has 0 amide bonds. The van der Waals surface area contributed by atoms with E-state index in [1.54, 1.807) is 6.92 Å². The van der Waals surface area contributed by atoms with Crippen molar-refractivity contribution in [2.24, 2.45) is 0 Å². The molecule has 1 aromatic carbocycles. The van der Waals surface area contributed by atoms with E-state index in [1.807, 2.05) is 32.9 Å². The highest BCUT2D eigenvalue weighted by molar-refractivity contribution is 6.32. The molecule has 3 heteroatoms. The van der Waals surface area contributed by atoms with Gasteiger partial charge in [-0.05, 0) is 50.5 Å². The molecule has 0 saturated heterocycles. The van der Waals surface area contributed by atoms with E-state index < -0.39 is 5.60 Å². The number of halogens is 1. The predicted octanol–water partition coefficient (Wildman–Crippen LogP) is 3.50. The SMILES string of the molecule is CCC(C)(O)COc1cc(C)c(Cl)c(C)c1. The molecule has 0 aromatic heterocycles. The predicted molar refractivity (Wildman–Crippen MR) is 67.3 cm³/mol. The first kappa shape index (κ1) is 13.3. The Balaban J connectivity index is 2.76. The largest absolute Gasteiger partial charge is 0.491 e. The van der Waals surface area contributed by atoms with Crippen LogP contribution in [0.1, 0.15) is 31.4 Å². The summed E-state index contributed by atoms with van der Waals surface area (Å²) in [5.74, 6) is 0.758. The molecule has 0 aliphatic carbocycles. The third-order valence-corrected chi connectivity index (χ3v) is 3.32. The van der Waals surface area contributed by atoms with Crippen LogP contribution in [0.3, 0.4) is 0 Å². The summed E-state index contributed by atoms with van der Waals surface area (Å²) in [6, 6.07) is 3.78. The Labute approximate surface area is 102 Å². The molecule has 1 N–H and O–H groups in total. The van der Waals surface area contributed by atoms with Gasteiger partial charge in [-0.15, -0.1) is 0 Å². The average Bonchev–Trinajstić information content (AvgIpc) is 2.23. The Morgan fingerprint density at radius 2 is 1.81 bits per heavy atom. The van der Waals surface area contributed by atoms with E-state index in [9.17, 15) is 5.11 Å². The molecule has 0 spiro atoms. The van der Waals surface area contributed by atoms with Gasteiger partial charge in [-0.2, -0.15) is 0 Å². The lowest BCUT2D eigenvalue weighted by Gasteiger charge is -2.22. The molecule has 90 valence electrons. The first-order valence-corrected chi connectivity index (χ1v) is 5.85. The zero-order valence-corrected chi connectivity index (χ0v) is 11.1. The molecule has 0 radical (unpaired) electrons.